The number of hydrogen-bond acceptors (Lipinski definition) is 4. The molecule has 28 heavy (non-hydrogen) atoms. The molecule has 4 rings (SSSR count). The van der Waals surface area contributed by atoms with Gasteiger partial charge in [0, 0.05) is 30.6 Å². The summed E-state index contributed by atoms with van der Waals surface area (Å²) in [5.74, 6) is -0.148. The van der Waals surface area contributed by atoms with Crippen LogP contribution in [0.1, 0.15) is 29.3 Å². The molecule has 1 aliphatic rings. The van der Waals surface area contributed by atoms with Gasteiger partial charge >= 0.3 is 0 Å². The lowest BCUT2D eigenvalue weighted by Gasteiger charge is -2.30. The molecule has 0 radical (unpaired) electrons. The number of piperidine rings is 1. The Balaban J connectivity index is 1.45. The number of nitrogens with zero attached hydrogens (tertiary/aromatic N) is 3. The second kappa shape index (κ2) is 8.44. The van der Waals surface area contributed by atoms with Crippen molar-refractivity contribution in [1.29, 1.82) is 0 Å². The Morgan fingerprint density at radius 2 is 1.89 bits per heavy atom. The van der Waals surface area contributed by atoms with Crippen molar-refractivity contribution >= 4 is 23.3 Å². The van der Waals surface area contributed by atoms with E-state index in [1.165, 1.54) is 17.4 Å². The van der Waals surface area contributed by atoms with Crippen LogP contribution in [-0.4, -0.2) is 34.1 Å². The van der Waals surface area contributed by atoms with Gasteiger partial charge in [0.2, 0.25) is 5.91 Å². The van der Waals surface area contributed by atoms with Crippen molar-refractivity contribution in [2.24, 2.45) is 0 Å². The molecule has 1 unspecified atom stereocenters. The summed E-state index contributed by atoms with van der Waals surface area (Å²) in [6.45, 7) is 1.36. The number of amides is 1. The van der Waals surface area contributed by atoms with E-state index in [9.17, 15) is 9.18 Å². The van der Waals surface area contributed by atoms with Crippen LogP contribution in [0.4, 0.5) is 4.39 Å². The third-order valence-corrected chi connectivity index (χ3v) is 5.96. The van der Waals surface area contributed by atoms with E-state index in [2.05, 4.69) is 10.2 Å². The van der Waals surface area contributed by atoms with Crippen LogP contribution in [0.3, 0.4) is 0 Å². The molecular formula is C22H20FN3OS. The van der Waals surface area contributed by atoms with Crippen molar-refractivity contribution in [1.82, 2.24) is 15.1 Å². The average molecular weight is 393 g/mol. The first-order chi connectivity index (χ1) is 13.7. The van der Waals surface area contributed by atoms with Crippen LogP contribution in [0, 0.1) is 5.82 Å². The molecule has 4 nitrogen and oxygen atoms in total. The Labute approximate surface area is 167 Å². The topological polar surface area (TPSA) is 46.1 Å². The molecule has 1 aliphatic heterocycles. The van der Waals surface area contributed by atoms with E-state index >= 15 is 0 Å². The molecule has 0 saturated carbocycles. The maximum Gasteiger partial charge on any atom is 0.246 e. The van der Waals surface area contributed by atoms with Gasteiger partial charge in [-0.25, -0.2) is 4.39 Å². The number of hydrogen-bond donors (Lipinski definition) is 0. The predicted molar refractivity (Wildman–Crippen MR) is 109 cm³/mol. The lowest BCUT2D eigenvalue weighted by atomic mass is 9.99. The largest absolute Gasteiger partial charge is 0.338 e. The van der Waals surface area contributed by atoms with Crippen molar-refractivity contribution in [3.05, 3.63) is 77.1 Å². The summed E-state index contributed by atoms with van der Waals surface area (Å²) in [5, 5.41) is 9.92. The summed E-state index contributed by atoms with van der Waals surface area (Å²) in [7, 11) is 0. The van der Waals surface area contributed by atoms with Crippen molar-refractivity contribution in [3.63, 3.8) is 0 Å². The number of carbonyl (C=O) groups excluding carboxylic acids is 1. The Hall–Kier alpha value is -2.86. The number of halogens is 1. The molecule has 1 amide bonds. The second-order valence-electron chi connectivity index (χ2n) is 6.79. The van der Waals surface area contributed by atoms with Crippen molar-refractivity contribution in [3.8, 4) is 10.6 Å². The van der Waals surface area contributed by atoms with Crippen LogP contribution in [0.5, 0.6) is 0 Å². The normalized spacial score (nSPS) is 17.2. The standard InChI is InChI=1S/C22H20FN3OS/c23-19-11-5-4-10-18(19)22-25-24-21(28-22)17-9-6-14-26(15-17)20(27)13-12-16-7-2-1-3-8-16/h1-5,7-8,10-13,17H,6,9,14-15H2/b13-12-. The van der Waals surface area contributed by atoms with Crippen molar-refractivity contribution in [2.45, 2.75) is 18.8 Å². The molecule has 0 bridgehead atoms. The zero-order chi connectivity index (χ0) is 19.3. The summed E-state index contributed by atoms with van der Waals surface area (Å²) in [6.07, 6.45) is 5.35. The first-order valence-corrected chi connectivity index (χ1v) is 10.1. The van der Waals surface area contributed by atoms with E-state index in [0.717, 1.165) is 30.0 Å². The highest BCUT2D eigenvalue weighted by atomic mass is 32.1. The van der Waals surface area contributed by atoms with Gasteiger partial charge in [-0.15, -0.1) is 10.2 Å². The predicted octanol–water partition coefficient (Wildman–Crippen LogP) is 4.76. The SMILES string of the molecule is O=C(/C=C\c1ccccc1)N1CCCC(c2nnc(-c3ccccc3F)s2)C1. The van der Waals surface area contributed by atoms with Crippen molar-refractivity contribution in [2.75, 3.05) is 13.1 Å². The van der Waals surface area contributed by atoms with Crippen molar-refractivity contribution < 1.29 is 9.18 Å². The molecule has 0 spiro atoms. The van der Waals surface area contributed by atoms with Crippen LogP contribution < -0.4 is 0 Å². The zero-order valence-corrected chi connectivity index (χ0v) is 16.1. The Morgan fingerprint density at radius 3 is 2.71 bits per heavy atom. The molecule has 3 aromatic rings. The number of rotatable bonds is 4. The minimum atomic E-state index is -0.295. The second-order valence-corrected chi connectivity index (χ2v) is 7.80. The molecule has 0 aliphatic carbocycles. The van der Waals surface area contributed by atoms with Crippen LogP contribution in [0.15, 0.2) is 60.7 Å². The summed E-state index contributed by atoms with van der Waals surface area (Å²) in [6, 6.07) is 16.4. The maximum absolute atomic E-state index is 14.0. The van der Waals surface area contributed by atoms with E-state index in [1.807, 2.05) is 41.3 Å². The molecule has 2 heterocycles. The number of carbonyl (C=O) groups is 1. The van der Waals surface area contributed by atoms with Gasteiger partial charge in [-0.05, 0) is 36.6 Å². The molecular weight excluding hydrogens is 373 g/mol. The smallest absolute Gasteiger partial charge is 0.246 e. The van der Waals surface area contributed by atoms with Gasteiger partial charge in [0.05, 0.1) is 0 Å². The third kappa shape index (κ3) is 4.17. The highest BCUT2D eigenvalue weighted by Gasteiger charge is 2.26. The minimum absolute atomic E-state index is 0.00685. The van der Waals surface area contributed by atoms with E-state index in [4.69, 9.17) is 0 Å². The van der Waals surface area contributed by atoms with Gasteiger partial charge in [-0.3, -0.25) is 4.79 Å². The Morgan fingerprint density at radius 1 is 1.11 bits per heavy atom. The molecule has 1 saturated heterocycles. The van der Waals surface area contributed by atoms with Crippen LogP contribution in [0.25, 0.3) is 16.6 Å². The fourth-order valence-electron chi connectivity index (χ4n) is 3.36. The molecule has 1 aromatic heterocycles. The summed E-state index contributed by atoms with van der Waals surface area (Å²) >= 11 is 1.41. The van der Waals surface area contributed by atoms with Gasteiger partial charge in [0.15, 0.2) is 5.01 Å². The number of likely N-dealkylation sites (tertiary alicyclic amines) is 1. The van der Waals surface area contributed by atoms with Crippen LogP contribution >= 0.6 is 11.3 Å². The van der Waals surface area contributed by atoms with Gasteiger partial charge < -0.3 is 4.90 Å². The zero-order valence-electron chi connectivity index (χ0n) is 15.3. The summed E-state index contributed by atoms with van der Waals surface area (Å²) in [5.41, 5.74) is 1.48. The summed E-state index contributed by atoms with van der Waals surface area (Å²) in [4.78, 5) is 14.4. The van der Waals surface area contributed by atoms with Gasteiger partial charge in [-0.1, -0.05) is 53.8 Å². The lowest BCUT2D eigenvalue weighted by molar-refractivity contribution is -0.127. The molecule has 1 fully saturated rings. The highest BCUT2D eigenvalue weighted by Crippen LogP contribution is 2.33. The van der Waals surface area contributed by atoms with E-state index in [1.54, 1.807) is 24.3 Å². The maximum atomic E-state index is 14.0. The molecule has 6 heteroatoms. The quantitative estimate of drug-likeness (QED) is 0.600. The van der Waals surface area contributed by atoms with Crippen LogP contribution in [-0.2, 0) is 4.79 Å². The Bertz CT molecular complexity index is 986. The molecule has 2 aromatic carbocycles. The van der Waals surface area contributed by atoms with Gasteiger partial charge in [-0.2, -0.15) is 0 Å². The first-order valence-electron chi connectivity index (χ1n) is 9.31. The average Bonchev–Trinajstić information content (AvgIpc) is 3.23. The third-order valence-electron chi connectivity index (χ3n) is 4.85. The van der Waals surface area contributed by atoms with Gasteiger partial charge in [0.25, 0.3) is 0 Å². The fraction of sp³-hybridized carbons (Fsp3) is 0.227. The number of aromatic nitrogens is 2. The van der Waals surface area contributed by atoms with Crippen LogP contribution in [0.2, 0.25) is 0 Å². The molecule has 0 N–H and O–H groups in total. The first kappa shape index (κ1) is 18.5. The Kier molecular flexibility index (Phi) is 5.58. The highest BCUT2D eigenvalue weighted by molar-refractivity contribution is 7.14. The molecule has 1 atom stereocenters. The van der Waals surface area contributed by atoms with E-state index in [0.29, 0.717) is 17.1 Å². The minimum Gasteiger partial charge on any atom is -0.338 e. The lowest BCUT2D eigenvalue weighted by Crippen LogP contribution is -2.38. The molecule has 142 valence electrons. The van der Waals surface area contributed by atoms with E-state index < -0.39 is 0 Å². The fourth-order valence-corrected chi connectivity index (χ4v) is 4.35. The summed E-state index contributed by atoms with van der Waals surface area (Å²) < 4.78 is 14.0. The van der Waals surface area contributed by atoms with Gasteiger partial charge in [0.1, 0.15) is 10.8 Å². The number of benzene rings is 2. The monoisotopic (exact) mass is 393 g/mol. The van der Waals surface area contributed by atoms with E-state index in [-0.39, 0.29) is 17.6 Å².